The van der Waals surface area contributed by atoms with E-state index in [0.29, 0.717) is 21.0 Å². The van der Waals surface area contributed by atoms with Crippen molar-refractivity contribution < 1.29 is 9.66 Å². The molecule has 0 aliphatic heterocycles. The van der Waals surface area contributed by atoms with E-state index in [9.17, 15) is 10.1 Å². The Hall–Kier alpha value is -2.72. The SMILES string of the molecule is COc1ccc(CNc2nnc(Sc3ncccc3[N+](=O)[O-])s2)cc1. The molecular weight excluding hydrogens is 362 g/mol. The average Bonchev–Trinajstić information content (AvgIpc) is 3.08. The summed E-state index contributed by atoms with van der Waals surface area (Å²) >= 11 is 2.44. The molecule has 3 rings (SSSR count). The number of aromatic nitrogens is 3. The molecule has 8 nitrogen and oxygen atoms in total. The van der Waals surface area contributed by atoms with E-state index in [0.717, 1.165) is 23.1 Å². The van der Waals surface area contributed by atoms with Gasteiger partial charge in [0.1, 0.15) is 5.75 Å². The molecular formula is C15H13N5O3S2. The minimum atomic E-state index is -0.459. The average molecular weight is 375 g/mol. The summed E-state index contributed by atoms with van der Waals surface area (Å²) in [5, 5.41) is 23.2. The third-order valence-corrected chi connectivity index (χ3v) is 5.08. The number of nitrogens with zero attached hydrogens (tertiary/aromatic N) is 4. The van der Waals surface area contributed by atoms with Gasteiger partial charge in [0, 0.05) is 18.8 Å². The van der Waals surface area contributed by atoms with Crippen LogP contribution in [-0.4, -0.2) is 27.2 Å². The van der Waals surface area contributed by atoms with Gasteiger partial charge < -0.3 is 10.1 Å². The van der Waals surface area contributed by atoms with Gasteiger partial charge in [0.25, 0.3) is 0 Å². The van der Waals surface area contributed by atoms with E-state index in [2.05, 4.69) is 20.5 Å². The predicted octanol–water partition coefficient (Wildman–Crippen LogP) is 3.61. The summed E-state index contributed by atoms with van der Waals surface area (Å²) < 4.78 is 5.70. The van der Waals surface area contributed by atoms with Gasteiger partial charge in [0.05, 0.1) is 12.0 Å². The van der Waals surface area contributed by atoms with Crippen LogP contribution in [0, 0.1) is 10.1 Å². The number of hydrogen-bond acceptors (Lipinski definition) is 9. The normalized spacial score (nSPS) is 10.4. The van der Waals surface area contributed by atoms with Gasteiger partial charge in [-0.1, -0.05) is 23.5 Å². The summed E-state index contributed by atoms with van der Waals surface area (Å²) in [6.07, 6.45) is 1.51. The van der Waals surface area contributed by atoms with Crippen molar-refractivity contribution in [3.8, 4) is 5.75 Å². The Morgan fingerprint density at radius 3 is 2.80 bits per heavy atom. The lowest BCUT2D eigenvalue weighted by Gasteiger charge is -2.03. The van der Waals surface area contributed by atoms with E-state index in [1.165, 1.54) is 29.7 Å². The summed E-state index contributed by atoms with van der Waals surface area (Å²) in [5.41, 5.74) is 1.03. The number of hydrogen-bond donors (Lipinski definition) is 1. The molecule has 0 saturated carbocycles. The lowest BCUT2D eigenvalue weighted by atomic mass is 10.2. The van der Waals surface area contributed by atoms with Gasteiger partial charge in [-0.25, -0.2) is 4.98 Å². The van der Waals surface area contributed by atoms with Gasteiger partial charge in [-0.2, -0.15) is 0 Å². The second-order valence-corrected chi connectivity index (χ2v) is 6.98. The summed E-state index contributed by atoms with van der Waals surface area (Å²) in [7, 11) is 1.62. The van der Waals surface area contributed by atoms with Crippen LogP contribution in [0.15, 0.2) is 52.0 Å². The topological polar surface area (TPSA) is 103 Å². The van der Waals surface area contributed by atoms with Crippen molar-refractivity contribution in [2.24, 2.45) is 0 Å². The molecule has 0 bridgehead atoms. The highest BCUT2D eigenvalue weighted by Gasteiger charge is 2.17. The Bertz CT molecular complexity index is 870. The maximum atomic E-state index is 11.0. The fourth-order valence-electron chi connectivity index (χ4n) is 1.93. The number of nitrogens with one attached hydrogen (secondary N) is 1. The second kappa shape index (κ2) is 7.90. The Kier molecular flexibility index (Phi) is 5.41. The zero-order chi connectivity index (χ0) is 17.6. The van der Waals surface area contributed by atoms with Crippen LogP contribution in [0.3, 0.4) is 0 Å². The maximum Gasteiger partial charge on any atom is 0.301 e. The zero-order valence-corrected chi connectivity index (χ0v) is 14.7. The minimum Gasteiger partial charge on any atom is -0.497 e. The number of ether oxygens (including phenoxy) is 1. The van der Waals surface area contributed by atoms with E-state index < -0.39 is 4.92 Å². The molecule has 0 saturated heterocycles. The molecule has 0 unspecified atom stereocenters. The summed E-state index contributed by atoms with van der Waals surface area (Å²) in [5.74, 6) is 0.801. The number of nitro groups is 1. The lowest BCUT2D eigenvalue weighted by molar-refractivity contribution is -0.388. The fraction of sp³-hybridized carbons (Fsp3) is 0.133. The highest BCUT2D eigenvalue weighted by Crippen LogP contribution is 2.35. The molecule has 3 aromatic rings. The van der Waals surface area contributed by atoms with Gasteiger partial charge in [0.2, 0.25) is 5.13 Å². The van der Waals surface area contributed by atoms with E-state index >= 15 is 0 Å². The third-order valence-electron chi connectivity index (χ3n) is 3.14. The Morgan fingerprint density at radius 2 is 2.08 bits per heavy atom. The Labute approximate surface area is 151 Å². The number of rotatable bonds is 7. The molecule has 1 aromatic carbocycles. The van der Waals surface area contributed by atoms with Gasteiger partial charge in [-0.3, -0.25) is 10.1 Å². The molecule has 0 fully saturated rings. The first kappa shape index (κ1) is 17.1. The van der Waals surface area contributed by atoms with Crippen molar-refractivity contribution in [3.63, 3.8) is 0 Å². The molecule has 0 aliphatic carbocycles. The van der Waals surface area contributed by atoms with Crippen molar-refractivity contribution in [1.82, 2.24) is 15.2 Å². The maximum absolute atomic E-state index is 11.0. The van der Waals surface area contributed by atoms with Gasteiger partial charge in [-0.05, 0) is 35.5 Å². The van der Waals surface area contributed by atoms with Crippen LogP contribution in [0.2, 0.25) is 0 Å². The number of methoxy groups -OCH3 is 1. The molecule has 0 spiro atoms. The largest absolute Gasteiger partial charge is 0.497 e. The number of pyridine rings is 1. The van der Waals surface area contributed by atoms with Crippen molar-refractivity contribution in [2.75, 3.05) is 12.4 Å². The van der Waals surface area contributed by atoms with E-state index in [-0.39, 0.29) is 5.69 Å². The molecule has 0 atom stereocenters. The molecule has 25 heavy (non-hydrogen) atoms. The van der Waals surface area contributed by atoms with Crippen molar-refractivity contribution in [2.45, 2.75) is 15.9 Å². The lowest BCUT2D eigenvalue weighted by Crippen LogP contribution is -1.98. The number of anilines is 1. The minimum absolute atomic E-state index is 0.0459. The van der Waals surface area contributed by atoms with E-state index in [4.69, 9.17) is 4.74 Å². The van der Waals surface area contributed by atoms with Crippen LogP contribution in [0.25, 0.3) is 0 Å². The standard InChI is InChI=1S/C15H13N5O3S2/c1-23-11-6-4-10(5-7-11)9-17-14-18-19-15(25-14)24-13-12(20(21)22)3-2-8-16-13/h2-8H,9H2,1H3,(H,17,18). The zero-order valence-electron chi connectivity index (χ0n) is 13.1. The van der Waals surface area contributed by atoms with Crippen LogP contribution >= 0.6 is 23.1 Å². The second-order valence-electron chi connectivity index (χ2n) is 4.76. The van der Waals surface area contributed by atoms with Gasteiger partial charge in [0.15, 0.2) is 9.37 Å². The first-order chi connectivity index (χ1) is 12.2. The van der Waals surface area contributed by atoms with E-state index in [1.807, 2.05) is 24.3 Å². The fourth-order valence-corrected chi connectivity index (χ4v) is 3.65. The Balaban J connectivity index is 1.63. The monoisotopic (exact) mass is 375 g/mol. The van der Waals surface area contributed by atoms with Crippen LogP contribution in [-0.2, 0) is 6.54 Å². The van der Waals surface area contributed by atoms with Crippen LogP contribution < -0.4 is 10.1 Å². The van der Waals surface area contributed by atoms with Crippen LogP contribution in [0.5, 0.6) is 5.75 Å². The molecule has 10 heteroatoms. The first-order valence-corrected chi connectivity index (χ1v) is 8.76. The molecule has 0 amide bonds. The molecule has 1 N–H and O–H groups in total. The van der Waals surface area contributed by atoms with Crippen molar-refractivity contribution in [3.05, 3.63) is 58.3 Å². The van der Waals surface area contributed by atoms with Crippen molar-refractivity contribution in [1.29, 1.82) is 0 Å². The molecule has 0 radical (unpaired) electrons. The van der Waals surface area contributed by atoms with E-state index in [1.54, 1.807) is 7.11 Å². The smallest absolute Gasteiger partial charge is 0.301 e. The number of benzene rings is 1. The first-order valence-electron chi connectivity index (χ1n) is 7.13. The highest BCUT2D eigenvalue weighted by molar-refractivity contribution is 8.01. The quantitative estimate of drug-likeness (QED) is 0.493. The Morgan fingerprint density at radius 1 is 1.28 bits per heavy atom. The third kappa shape index (κ3) is 4.43. The highest BCUT2D eigenvalue weighted by atomic mass is 32.2. The predicted molar refractivity (Wildman–Crippen MR) is 95.2 cm³/mol. The van der Waals surface area contributed by atoms with Gasteiger partial charge >= 0.3 is 5.69 Å². The molecule has 0 aliphatic rings. The summed E-state index contributed by atoms with van der Waals surface area (Å²) in [6, 6.07) is 10.6. The van der Waals surface area contributed by atoms with Crippen molar-refractivity contribution >= 4 is 33.9 Å². The van der Waals surface area contributed by atoms with Gasteiger partial charge in [-0.15, -0.1) is 10.2 Å². The molecule has 2 heterocycles. The summed E-state index contributed by atoms with van der Waals surface area (Å²) in [6.45, 7) is 0.590. The molecule has 128 valence electrons. The van der Waals surface area contributed by atoms with Crippen LogP contribution in [0.1, 0.15) is 5.56 Å². The summed E-state index contributed by atoms with van der Waals surface area (Å²) in [4.78, 5) is 14.6. The molecule has 2 aromatic heterocycles. The van der Waals surface area contributed by atoms with Crippen LogP contribution in [0.4, 0.5) is 10.8 Å².